The largest absolute Gasteiger partial charge is 0.382 e. The molecule has 2 aromatic rings. The number of anilines is 1. The summed E-state index contributed by atoms with van der Waals surface area (Å²) in [5.41, 5.74) is 6.56. The molecular weight excluding hydrogens is 311 g/mol. The smallest absolute Gasteiger partial charge is 0.271 e. The fraction of sp³-hybridized carbons (Fsp3) is 0.214. The van der Waals surface area contributed by atoms with Gasteiger partial charge in [-0.1, -0.05) is 29.3 Å². The average Bonchev–Trinajstić information content (AvgIpc) is 2.42. The first kappa shape index (κ1) is 15.5. The van der Waals surface area contributed by atoms with Crippen LogP contribution in [0.2, 0.25) is 10.0 Å². The Labute approximate surface area is 132 Å². The Morgan fingerprint density at radius 2 is 2.10 bits per heavy atom. The van der Waals surface area contributed by atoms with E-state index >= 15 is 0 Å². The van der Waals surface area contributed by atoms with Crippen molar-refractivity contribution >= 4 is 34.9 Å². The fourth-order valence-electron chi connectivity index (χ4n) is 1.82. The fourth-order valence-corrected chi connectivity index (χ4v) is 2.31. The van der Waals surface area contributed by atoms with Crippen LogP contribution < -0.4 is 11.1 Å². The molecule has 5 nitrogen and oxygen atoms in total. The Morgan fingerprint density at radius 1 is 1.33 bits per heavy atom. The van der Waals surface area contributed by atoms with Crippen molar-refractivity contribution in [2.45, 2.75) is 19.4 Å². The highest BCUT2D eigenvalue weighted by molar-refractivity contribution is 6.35. The van der Waals surface area contributed by atoms with Crippen LogP contribution in [0.5, 0.6) is 0 Å². The third-order valence-corrected chi connectivity index (χ3v) is 3.41. The molecule has 110 valence electrons. The number of carbonyl (C=O) groups is 1. The summed E-state index contributed by atoms with van der Waals surface area (Å²) in [4.78, 5) is 19.7. The van der Waals surface area contributed by atoms with Crippen molar-refractivity contribution in [2.24, 2.45) is 0 Å². The third-order valence-electron chi connectivity index (χ3n) is 2.82. The molecule has 0 aliphatic heterocycles. The van der Waals surface area contributed by atoms with E-state index in [1.54, 1.807) is 12.1 Å². The standard InChI is InChI=1S/C14H14Cl2N4O/c1-8(4-9-2-3-10(15)5-11(9)16)20-14(21)12-6-19-13(17)7-18-12/h2-3,5-8H,4H2,1H3,(H2,17,19)(H,20,21). The Kier molecular flexibility index (Phi) is 4.98. The first-order chi connectivity index (χ1) is 9.95. The van der Waals surface area contributed by atoms with Crippen LogP contribution in [-0.2, 0) is 6.42 Å². The summed E-state index contributed by atoms with van der Waals surface area (Å²) >= 11 is 12.0. The topological polar surface area (TPSA) is 80.9 Å². The molecule has 0 bridgehead atoms. The Bertz CT molecular complexity index is 646. The van der Waals surface area contributed by atoms with Gasteiger partial charge in [0.25, 0.3) is 5.91 Å². The first-order valence-electron chi connectivity index (χ1n) is 6.28. The molecule has 0 aliphatic rings. The van der Waals surface area contributed by atoms with Gasteiger partial charge in [0.15, 0.2) is 0 Å². The van der Waals surface area contributed by atoms with E-state index in [9.17, 15) is 4.79 Å². The second-order valence-electron chi connectivity index (χ2n) is 4.64. The van der Waals surface area contributed by atoms with Crippen molar-refractivity contribution in [1.29, 1.82) is 0 Å². The lowest BCUT2D eigenvalue weighted by Gasteiger charge is -2.14. The molecule has 0 saturated carbocycles. The molecule has 1 unspecified atom stereocenters. The van der Waals surface area contributed by atoms with Gasteiger partial charge in [-0.3, -0.25) is 4.79 Å². The van der Waals surface area contributed by atoms with Gasteiger partial charge in [0.05, 0.1) is 12.4 Å². The van der Waals surface area contributed by atoms with E-state index in [0.717, 1.165) is 5.56 Å². The van der Waals surface area contributed by atoms with Gasteiger partial charge in [-0.15, -0.1) is 0 Å². The predicted octanol–water partition coefficient (Wildman–Crippen LogP) is 2.73. The van der Waals surface area contributed by atoms with Gasteiger partial charge in [0.2, 0.25) is 0 Å². The van der Waals surface area contributed by atoms with Crippen LogP contribution in [-0.4, -0.2) is 21.9 Å². The van der Waals surface area contributed by atoms with E-state index in [2.05, 4.69) is 15.3 Å². The van der Waals surface area contributed by atoms with E-state index in [-0.39, 0.29) is 23.5 Å². The van der Waals surface area contributed by atoms with Gasteiger partial charge >= 0.3 is 0 Å². The molecule has 1 amide bonds. The number of aromatic nitrogens is 2. The third kappa shape index (κ3) is 4.31. The number of nitrogens with one attached hydrogen (secondary N) is 1. The zero-order valence-corrected chi connectivity index (χ0v) is 12.8. The number of nitrogens with two attached hydrogens (primary N) is 1. The number of nitrogens with zero attached hydrogens (tertiary/aromatic N) is 2. The molecule has 0 aliphatic carbocycles. The van der Waals surface area contributed by atoms with E-state index < -0.39 is 0 Å². The minimum atomic E-state index is -0.305. The molecule has 2 rings (SSSR count). The van der Waals surface area contributed by atoms with E-state index in [4.69, 9.17) is 28.9 Å². The number of carbonyl (C=O) groups excluding carboxylic acids is 1. The number of nitrogen functional groups attached to an aromatic ring is 1. The average molecular weight is 325 g/mol. The van der Waals surface area contributed by atoms with Crippen molar-refractivity contribution in [3.63, 3.8) is 0 Å². The number of amides is 1. The lowest BCUT2D eigenvalue weighted by Crippen LogP contribution is -2.34. The van der Waals surface area contributed by atoms with Crippen molar-refractivity contribution in [3.05, 3.63) is 51.9 Å². The van der Waals surface area contributed by atoms with Crippen LogP contribution in [0, 0.1) is 0 Å². The molecule has 1 aromatic heterocycles. The normalized spacial score (nSPS) is 12.0. The van der Waals surface area contributed by atoms with E-state index in [1.807, 2.05) is 13.0 Å². The Morgan fingerprint density at radius 3 is 2.71 bits per heavy atom. The summed E-state index contributed by atoms with van der Waals surface area (Å²) in [5.74, 6) is -0.0346. The molecule has 21 heavy (non-hydrogen) atoms. The highest BCUT2D eigenvalue weighted by atomic mass is 35.5. The maximum Gasteiger partial charge on any atom is 0.271 e. The van der Waals surface area contributed by atoms with Crippen molar-refractivity contribution in [2.75, 3.05) is 5.73 Å². The first-order valence-corrected chi connectivity index (χ1v) is 7.03. The van der Waals surface area contributed by atoms with E-state index in [1.165, 1.54) is 12.4 Å². The molecule has 0 saturated heterocycles. The molecule has 1 aromatic carbocycles. The van der Waals surface area contributed by atoms with E-state index in [0.29, 0.717) is 16.5 Å². The molecule has 0 spiro atoms. The van der Waals surface area contributed by atoms with Crippen LogP contribution in [0.3, 0.4) is 0 Å². The lowest BCUT2D eigenvalue weighted by molar-refractivity contribution is 0.0934. The van der Waals surface area contributed by atoms with Gasteiger partial charge in [-0.25, -0.2) is 9.97 Å². The number of rotatable bonds is 4. The van der Waals surface area contributed by atoms with Crippen molar-refractivity contribution in [3.8, 4) is 0 Å². The molecule has 7 heteroatoms. The highest BCUT2D eigenvalue weighted by Crippen LogP contribution is 2.22. The second-order valence-corrected chi connectivity index (χ2v) is 5.48. The number of hydrogen-bond donors (Lipinski definition) is 2. The monoisotopic (exact) mass is 324 g/mol. The SMILES string of the molecule is CC(Cc1ccc(Cl)cc1Cl)NC(=O)c1cnc(N)cn1. The predicted molar refractivity (Wildman–Crippen MR) is 83.5 cm³/mol. The van der Waals surface area contributed by atoms with Crippen LogP contribution in [0.1, 0.15) is 23.0 Å². The molecule has 1 heterocycles. The number of hydrogen-bond acceptors (Lipinski definition) is 4. The minimum absolute atomic E-state index is 0.115. The summed E-state index contributed by atoms with van der Waals surface area (Å²) in [6.07, 6.45) is 3.27. The Balaban J connectivity index is 1.99. The number of benzene rings is 1. The van der Waals surface area contributed by atoms with Gasteiger partial charge in [0, 0.05) is 16.1 Å². The Hall–Kier alpha value is -1.85. The maximum absolute atomic E-state index is 12.0. The van der Waals surface area contributed by atoms with Crippen LogP contribution >= 0.6 is 23.2 Å². The lowest BCUT2D eigenvalue weighted by atomic mass is 10.1. The zero-order valence-electron chi connectivity index (χ0n) is 11.3. The molecule has 1 atom stereocenters. The number of halogens is 2. The van der Waals surface area contributed by atoms with Crippen LogP contribution in [0.4, 0.5) is 5.82 Å². The summed E-state index contributed by atoms with van der Waals surface area (Å²) in [6, 6.07) is 5.17. The van der Waals surface area contributed by atoms with Crippen LogP contribution in [0.15, 0.2) is 30.6 Å². The maximum atomic E-state index is 12.0. The van der Waals surface area contributed by atoms with Gasteiger partial charge in [0.1, 0.15) is 11.5 Å². The van der Waals surface area contributed by atoms with Crippen LogP contribution in [0.25, 0.3) is 0 Å². The van der Waals surface area contributed by atoms with Crippen molar-refractivity contribution < 1.29 is 4.79 Å². The molecule has 0 fully saturated rings. The minimum Gasteiger partial charge on any atom is -0.382 e. The zero-order chi connectivity index (χ0) is 15.4. The molecule has 0 radical (unpaired) electrons. The molecule has 3 N–H and O–H groups in total. The summed E-state index contributed by atoms with van der Waals surface area (Å²) in [5, 5.41) is 3.99. The van der Waals surface area contributed by atoms with Gasteiger partial charge in [-0.2, -0.15) is 0 Å². The van der Waals surface area contributed by atoms with Crippen molar-refractivity contribution in [1.82, 2.24) is 15.3 Å². The highest BCUT2D eigenvalue weighted by Gasteiger charge is 2.13. The second kappa shape index (κ2) is 6.74. The molecular formula is C14H14Cl2N4O. The summed E-state index contributed by atoms with van der Waals surface area (Å²) in [6.45, 7) is 1.88. The summed E-state index contributed by atoms with van der Waals surface area (Å²) in [7, 11) is 0. The quantitative estimate of drug-likeness (QED) is 0.906. The summed E-state index contributed by atoms with van der Waals surface area (Å²) < 4.78 is 0. The van der Waals surface area contributed by atoms with Gasteiger partial charge < -0.3 is 11.1 Å². The van der Waals surface area contributed by atoms with Gasteiger partial charge in [-0.05, 0) is 31.0 Å².